The summed E-state index contributed by atoms with van der Waals surface area (Å²) < 4.78 is 0. The third kappa shape index (κ3) is 3.19. The Balaban J connectivity index is 1.53. The van der Waals surface area contributed by atoms with E-state index in [9.17, 15) is 4.79 Å². The first-order valence-corrected chi connectivity index (χ1v) is 8.80. The lowest BCUT2D eigenvalue weighted by Crippen LogP contribution is -2.48. The largest absolute Gasteiger partial charge is 0.352 e. The molecule has 3 nitrogen and oxygen atoms in total. The van der Waals surface area contributed by atoms with Gasteiger partial charge in [0.15, 0.2) is 0 Å². The van der Waals surface area contributed by atoms with Crippen molar-refractivity contribution in [3.05, 3.63) is 0 Å². The van der Waals surface area contributed by atoms with E-state index in [0.29, 0.717) is 18.0 Å². The molecule has 0 spiro atoms. The van der Waals surface area contributed by atoms with Crippen LogP contribution in [-0.4, -0.2) is 24.0 Å². The minimum Gasteiger partial charge on any atom is -0.352 e. The summed E-state index contributed by atoms with van der Waals surface area (Å²) in [6.45, 7) is 2.30. The number of hydrogen-bond donors (Lipinski definition) is 2. The summed E-state index contributed by atoms with van der Waals surface area (Å²) in [5, 5.41) is 6.96. The van der Waals surface area contributed by atoms with E-state index < -0.39 is 0 Å². The molecular formula is C17H30N2O. The van der Waals surface area contributed by atoms with Crippen molar-refractivity contribution in [1.29, 1.82) is 0 Å². The number of carbonyl (C=O) groups excluding carboxylic acids is 1. The third-order valence-corrected chi connectivity index (χ3v) is 5.87. The summed E-state index contributed by atoms with van der Waals surface area (Å²) in [6.07, 6.45) is 12.7. The molecule has 2 aliphatic carbocycles. The maximum Gasteiger partial charge on any atom is 0.237 e. The molecule has 1 amide bonds. The summed E-state index contributed by atoms with van der Waals surface area (Å²) in [6, 6.07) is 1.11. The molecule has 3 rings (SSSR count). The van der Waals surface area contributed by atoms with Gasteiger partial charge in [0.25, 0.3) is 0 Å². The molecule has 114 valence electrons. The second-order valence-corrected chi connectivity index (χ2v) is 7.34. The van der Waals surface area contributed by atoms with Crippen LogP contribution >= 0.6 is 0 Å². The highest BCUT2D eigenvalue weighted by molar-refractivity contribution is 5.82. The maximum absolute atomic E-state index is 12.5. The SMILES string of the molecule is CC1CCCCCC1NC(=O)C1CC2CCCCC2N1. The number of fused-ring (bicyclic) bond motifs is 1. The van der Waals surface area contributed by atoms with Crippen molar-refractivity contribution in [2.45, 2.75) is 89.3 Å². The topological polar surface area (TPSA) is 41.1 Å². The number of amides is 1. The van der Waals surface area contributed by atoms with E-state index in [2.05, 4.69) is 17.6 Å². The van der Waals surface area contributed by atoms with E-state index in [1.165, 1.54) is 57.8 Å². The molecule has 1 aliphatic heterocycles. The normalized spacial score (nSPS) is 41.8. The van der Waals surface area contributed by atoms with Crippen molar-refractivity contribution in [2.75, 3.05) is 0 Å². The summed E-state index contributed by atoms with van der Waals surface area (Å²) in [4.78, 5) is 12.5. The van der Waals surface area contributed by atoms with Crippen molar-refractivity contribution < 1.29 is 4.79 Å². The van der Waals surface area contributed by atoms with Crippen molar-refractivity contribution in [3.63, 3.8) is 0 Å². The molecule has 0 bridgehead atoms. The van der Waals surface area contributed by atoms with Crippen LogP contribution in [0.25, 0.3) is 0 Å². The molecule has 5 atom stereocenters. The summed E-state index contributed by atoms with van der Waals surface area (Å²) in [7, 11) is 0. The van der Waals surface area contributed by atoms with Gasteiger partial charge in [-0.3, -0.25) is 4.79 Å². The van der Waals surface area contributed by atoms with Crippen molar-refractivity contribution in [3.8, 4) is 0 Å². The highest BCUT2D eigenvalue weighted by Crippen LogP contribution is 2.33. The van der Waals surface area contributed by atoms with Crippen LogP contribution in [-0.2, 0) is 4.79 Å². The van der Waals surface area contributed by atoms with E-state index in [4.69, 9.17) is 0 Å². The lowest BCUT2D eigenvalue weighted by molar-refractivity contribution is -0.124. The standard InChI is InChI=1S/C17H30N2O/c1-12-7-3-2-4-9-14(12)19-17(20)16-11-13-8-5-6-10-15(13)18-16/h12-16,18H,2-11H2,1H3,(H,19,20). The van der Waals surface area contributed by atoms with Gasteiger partial charge in [-0.15, -0.1) is 0 Å². The number of nitrogens with one attached hydrogen (secondary N) is 2. The van der Waals surface area contributed by atoms with Crippen LogP contribution in [0.5, 0.6) is 0 Å². The molecular weight excluding hydrogens is 248 g/mol. The van der Waals surface area contributed by atoms with Crippen LogP contribution in [0.2, 0.25) is 0 Å². The molecule has 20 heavy (non-hydrogen) atoms. The summed E-state index contributed by atoms with van der Waals surface area (Å²) in [5.41, 5.74) is 0. The molecule has 3 heteroatoms. The predicted molar refractivity (Wildman–Crippen MR) is 81.5 cm³/mol. The van der Waals surface area contributed by atoms with Gasteiger partial charge < -0.3 is 10.6 Å². The average molecular weight is 278 g/mol. The molecule has 0 radical (unpaired) electrons. The number of rotatable bonds is 2. The van der Waals surface area contributed by atoms with E-state index in [-0.39, 0.29) is 11.9 Å². The van der Waals surface area contributed by atoms with Crippen molar-refractivity contribution in [1.82, 2.24) is 10.6 Å². The van der Waals surface area contributed by atoms with Gasteiger partial charge in [0, 0.05) is 12.1 Å². The van der Waals surface area contributed by atoms with E-state index in [1.807, 2.05) is 0 Å². The maximum atomic E-state index is 12.5. The predicted octanol–water partition coefficient (Wildman–Crippen LogP) is 2.99. The van der Waals surface area contributed by atoms with Gasteiger partial charge in [0.2, 0.25) is 5.91 Å². The highest BCUT2D eigenvalue weighted by atomic mass is 16.2. The molecule has 5 unspecified atom stereocenters. The molecule has 0 aromatic rings. The van der Waals surface area contributed by atoms with Gasteiger partial charge in [-0.1, -0.05) is 39.0 Å². The van der Waals surface area contributed by atoms with Crippen molar-refractivity contribution >= 4 is 5.91 Å². The third-order valence-electron chi connectivity index (χ3n) is 5.87. The molecule has 2 saturated carbocycles. The first kappa shape index (κ1) is 14.4. The van der Waals surface area contributed by atoms with Crippen LogP contribution in [0.4, 0.5) is 0 Å². The Bertz CT molecular complexity index is 330. The zero-order valence-electron chi connectivity index (χ0n) is 12.9. The fraction of sp³-hybridized carbons (Fsp3) is 0.941. The first-order valence-electron chi connectivity index (χ1n) is 8.80. The molecule has 3 aliphatic rings. The first-order chi connectivity index (χ1) is 9.74. The fourth-order valence-electron chi connectivity index (χ4n) is 4.51. The fourth-order valence-corrected chi connectivity index (χ4v) is 4.51. The van der Waals surface area contributed by atoms with Gasteiger partial charge in [0.05, 0.1) is 6.04 Å². The van der Waals surface area contributed by atoms with Crippen molar-refractivity contribution in [2.24, 2.45) is 11.8 Å². The molecule has 1 heterocycles. The van der Waals surface area contributed by atoms with Crippen LogP contribution in [0, 0.1) is 11.8 Å². The van der Waals surface area contributed by atoms with Crippen LogP contribution in [0.3, 0.4) is 0 Å². The van der Waals surface area contributed by atoms with E-state index in [0.717, 1.165) is 12.3 Å². The lowest BCUT2D eigenvalue weighted by Gasteiger charge is -2.25. The lowest BCUT2D eigenvalue weighted by atomic mass is 9.85. The molecule has 0 aromatic heterocycles. The van der Waals surface area contributed by atoms with E-state index >= 15 is 0 Å². The molecule has 2 N–H and O–H groups in total. The van der Waals surface area contributed by atoms with Gasteiger partial charge in [0.1, 0.15) is 0 Å². The Morgan fingerprint density at radius 1 is 1.00 bits per heavy atom. The minimum absolute atomic E-state index is 0.0820. The van der Waals surface area contributed by atoms with Gasteiger partial charge in [-0.25, -0.2) is 0 Å². The van der Waals surface area contributed by atoms with Gasteiger partial charge >= 0.3 is 0 Å². The second-order valence-electron chi connectivity index (χ2n) is 7.34. The average Bonchev–Trinajstić information content (AvgIpc) is 2.79. The van der Waals surface area contributed by atoms with E-state index in [1.54, 1.807) is 0 Å². The minimum atomic E-state index is 0.0820. The number of carbonyl (C=O) groups is 1. The monoisotopic (exact) mass is 278 g/mol. The smallest absolute Gasteiger partial charge is 0.237 e. The summed E-state index contributed by atoms with van der Waals surface area (Å²) >= 11 is 0. The van der Waals surface area contributed by atoms with Gasteiger partial charge in [-0.05, 0) is 43.9 Å². The summed E-state index contributed by atoms with van der Waals surface area (Å²) in [5.74, 6) is 1.68. The number of hydrogen-bond acceptors (Lipinski definition) is 2. The molecule has 3 fully saturated rings. The zero-order chi connectivity index (χ0) is 13.9. The Kier molecular flexibility index (Phi) is 4.65. The molecule has 1 saturated heterocycles. The Hall–Kier alpha value is -0.570. The zero-order valence-corrected chi connectivity index (χ0v) is 12.9. The Morgan fingerprint density at radius 2 is 1.75 bits per heavy atom. The Labute approximate surface area is 123 Å². The highest BCUT2D eigenvalue weighted by Gasteiger charge is 2.38. The van der Waals surface area contributed by atoms with Crippen LogP contribution in [0.15, 0.2) is 0 Å². The molecule has 0 aromatic carbocycles. The van der Waals surface area contributed by atoms with Crippen LogP contribution in [0.1, 0.15) is 71.1 Å². The second kappa shape index (κ2) is 6.46. The Morgan fingerprint density at radius 3 is 2.60 bits per heavy atom. The van der Waals surface area contributed by atoms with Crippen LogP contribution < -0.4 is 10.6 Å². The quantitative estimate of drug-likeness (QED) is 0.762. The van der Waals surface area contributed by atoms with Gasteiger partial charge in [-0.2, -0.15) is 0 Å².